The van der Waals surface area contributed by atoms with Crippen molar-refractivity contribution in [1.82, 2.24) is 10.2 Å². The van der Waals surface area contributed by atoms with E-state index in [-0.39, 0.29) is 30.2 Å². The van der Waals surface area contributed by atoms with Crippen LogP contribution in [0.2, 0.25) is 10.0 Å². The summed E-state index contributed by atoms with van der Waals surface area (Å²) in [4.78, 5) is 28.0. The van der Waals surface area contributed by atoms with Crippen LogP contribution in [0.25, 0.3) is 0 Å². The topological polar surface area (TPSA) is 49.4 Å². The van der Waals surface area contributed by atoms with Crippen LogP contribution in [-0.2, 0) is 21.9 Å². The lowest BCUT2D eigenvalue weighted by molar-refractivity contribution is -0.139. The highest BCUT2D eigenvalue weighted by Gasteiger charge is 2.30. The van der Waals surface area contributed by atoms with Crippen molar-refractivity contribution in [3.63, 3.8) is 0 Å². The Morgan fingerprint density at radius 2 is 1.69 bits per heavy atom. The second-order valence-electron chi connectivity index (χ2n) is 7.88. The fraction of sp³-hybridized carbons (Fsp3) is 0.440. The SMILES string of the molecule is CC[C@@H](C)NC(=O)[C@H](CC)N(Cc1c(Cl)cccc1Cl)C(=O)CSCc1ccccc1C. The molecule has 174 valence electrons. The second-order valence-corrected chi connectivity index (χ2v) is 9.68. The van der Waals surface area contributed by atoms with Crippen LogP contribution in [0.4, 0.5) is 0 Å². The minimum atomic E-state index is -0.595. The van der Waals surface area contributed by atoms with Gasteiger partial charge in [0.15, 0.2) is 0 Å². The van der Waals surface area contributed by atoms with Crippen molar-refractivity contribution >= 4 is 46.8 Å². The number of thioether (sulfide) groups is 1. The molecule has 0 bridgehead atoms. The van der Waals surface area contributed by atoms with Crippen molar-refractivity contribution in [2.45, 2.75) is 64.9 Å². The lowest BCUT2D eigenvalue weighted by atomic mass is 10.1. The summed E-state index contributed by atoms with van der Waals surface area (Å²) in [7, 11) is 0. The van der Waals surface area contributed by atoms with E-state index >= 15 is 0 Å². The molecule has 0 unspecified atom stereocenters. The van der Waals surface area contributed by atoms with Crippen molar-refractivity contribution in [1.29, 1.82) is 0 Å². The zero-order chi connectivity index (χ0) is 23.7. The fourth-order valence-corrected chi connectivity index (χ4v) is 4.82. The molecule has 0 fully saturated rings. The lowest BCUT2D eigenvalue weighted by Crippen LogP contribution is -2.51. The number of nitrogens with zero attached hydrogens (tertiary/aromatic N) is 1. The Hall–Kier alpha value is -1.69. The van der Waals surface area contributed by atoms with Gasteiger partial charge in [-0.25, -0.2) is 0 Å². The van der Waals surface area contributed by atoms with Crippen LogP contribution in [0.15, 0.2) is 42.5 Å². The number of aryl methyl sites for hydroxylation is 1. The molecule has 2 atom stereocenters. The number of carbonyl (C=O) groups is 2. The average molecular weight is 496 g/mol. The standard InChI is InChI=1S/C25H32Cl2N2O2S/c1-5-18(4)28-25(31)23(6-2)29(14-20-21(26)12-9-13-22(20)27)24(30)16-32-15-19-11-8-7-10-17(19)3/h7-13,18,23H,5-6,14-16H2,1-4H3,(H,28,31)/t18-,23+/m1/s1. The molecule has 2 rings (SSSR count). The van der Waals surface area contributed by atoms with E-state index in [0.717, 1.165) is 12.2 Å². The smallest absolute Gasteiger partial charge is 0.243 e. The second kappa shape index (κ2) is 13.1. The molecule has 2 amide bonds. The molecule has 2 aromatic rings. The van der Waals surface area contributed by atoms with E-state index in [0.29, 0.717) is 22.0 Å². The summed E-state index contributed by atoms with van der Waals surface area (Å²) in [6.07, 6.45) is 1.32. The molecule has 0 aromatic heterocycles. The minimum Gasteiger partial charge on any atom is -0.352 e. The summed E-state index contributed by atoms with van der Waals surface area (Å²) in [5.41, 5.74) is 3.06. The summed E-state index contributed by atoms with van der Waals surface area (Å²) in [6.45, 7) is 8.14. The first-order valence-corrected chi connectivity index (χ1v) is 12.8. The highest BCUT2D eigenvalue weighted by Crippen LogP contribution is 2.27. The van der Waals surface area contributed by atoms with Crippen LogP contribution in [0.3, 0.4) is 0 Å². The van der Waals surface area contributed by atoms with Crippen LogP contribution in [0.1, 0.15) is 50.3 Å². The van der Waals surface area contributed by atoms with Gasteiger partial charge in [-0.05, 0) is 49.9 Å². The number of halogens is 2. The number of nitrogens with one attached hydrogen (secondary N) is 1. The van der Waals surface area contributed by atoms with Crippen molar-refractivity contribution in [3.05, 3.63) is 69.2 Å². The first-order chi connectivity index (χ1) is 15.3. The quantitative estimate of drug-likeness (QED) is 0.401. The molecular formula is C25H32Cl2N2O2S. The summed E-state index contributed by atoms with van der Waals surface area (Å²) < 4.78 is 0. The van der Waals surface area contributed by atoms with E-state index in [1.807, 2.05) is 32.9 Å². The van der Waals surface area contributed by atoms with Gasteiger partial charge in [0.2, 0.25) is 11.8 Å². The van der Waals surface area contributed by atoms with E-state index in [1.54, 1.807) is 34.9 Å². The highest BCUT2D eigenvalue weighted by atomic mass is 35.5. The summed E-state index contributed by atoms with van der Waals surface area (Å²) in [6, 6.07) is 12.9. The average Bonchev–Trinajstić information content (AvgIpc) is 2.76. The predicted octanol–water partition coefficient (Wildman–Crippen LogP) is 6.26. The Morgan fingerprint density at radius 3 is 2.28 bits per heavy atom. The van der Waals surface area contributed by atoms with Crippen molar-refractivity contribution in [2.75, 3.05) is 5.75 Å². The molecule has 2 aromatic carbocycles. The molecule has 0 heterocycles. The number of hydrogen-bond acceptors (Lipinski definition) is 3. The van der Waals surface area contributed by atoms with E-state index in [9.17, 15) is 9.59 Å². The maximum Gasteiger partial charge on any atom is 0.243 e. The molecular weight excluding hydrogens is 463 g/mol. The lowest BCUT2D eigenvalue weighted by Gasteiger charge is -2.32. The summed E-state index contributed by atoms with van der Waals surface area (Å²) in [5.74, 6) is 0.742. The van der Waals surface area contributed by atoms with Gasteiger partial charge in [0.05, 0.1) is 5.75 Å². The summed E-state index contributed by atoms with van der Waals surface area (Å²) in [5, 5.41) is 3.99. The monoisotopic (exact) mass is 494 g/mol. The maximum absolute atomic E-state index is 13.3. The molecule has 1 N–H and O–H groups in total. The van der Waals surface area contributed by atoms with E-state index in [2.05, 4.69) is 24.4 Å². The predicted molar refractivity (Wildman–Crippen MR) is 136 cm³/mol. The molecule has 4 nitrogen and oxygen atoms in total. The normalized spacial score (nSPS) is 12.8. The third kappa shape index (κ3) is 7.43. The van der Waals surface area contributed by atoms with Crippen LogP contribution in [-0.4, -0.2) is 34.6 Å². The Balaban J connectivity index is 2.22. The molecule has 7 heteroatoms. The summed E-state index contributed by atoms with van der Waals surface area (Å²) >= 11 is 14.3. The van der Waals surface area contributed by atoms with Crippen LogP contribution in [0.5, 0.6) is 0 Å². The number of carbonyl (C=O) groups excluding carboxylic acids is 2. The van der Waals surface area contributed by atoms with Crippen molar-refractivity contribution in [2.24, 2.45) is 0 Å². The minimum absolute atomic E-state index is 0.0350. The molecule has 32 heavy (non-hydrogen) atoms. The number of hydrogen-bond donors (Lipinski definition) is 1. The Kier molecular flexibility index (Phi) is 10.9. The first kappa shape index (κ1) is 26.6. The molecule has 0 spiro atoms. The third-order valence-corrected chi connectivity index (χ3v) is 7.20. The van der Waals surface area contributed by atoms with Crippen LogP contribution >= 0.6 is 35.0 Å². The molecule has 0 saturated carbocycles. The van der Waals surface area contributed by atoms with Gasteiger partial charge >= 0.3 is 0 Å². The zero-order valence-corrected chi connectivity index (χ0v) is 21.5. The molecule has 0 radical (unpaired) electrons. The van der Waals surface area contributed by atoms with E-state index < -0.39 is 6.04 Å². The number of rotatable bonds is 11. The Morgan fingerprint density at radius 1 is 1.03 bits per heavy atom. The number of amides is 2. The molecule has 0 aliphatic rings. The molecule has 0 saturated heterocycles. The Labute approximate surface area is 206 Å². The van der Waals surface area contributed by atoms with Gasteiger partial charge < -0.3 is 10.2 Å². The zero-order valence-electron chi connectivity index (χ0n) is 19.2. The van der Waals surface area contributed by atoms with Gasteiger partial charge in [-0.3, -0.25) is 9.59 Å². The Bertz CT molecular complexity index is 902. The first-order valence-electron chi connectivity index (χ1n) is 10.9. The van der Waals surface area contributed by atoms with Gasteiger partial charge in [-0.2, -0.15) is 0 Å². The maximum atomic E-state index is 13.3. The van der Waals surface area contributed by atoms with Gasteiger partial charge in [0.25, 0.3) is 0 Å². The van der Waals surface area contributed by atoms with Crippen molar-refractivity contribution < 1.29 is 9.59 Å². The largest absolute Gasteiger partial charge is 0.352 e. The fourth-order valence-electron chi connectivity index (χ4n) is 3.32. The van der Waals surface area contributed by atoms with Crippen LogP contribution < -0.4 is 5.32 Å². The number of benzene rings is 2. The van der Waals surface area contributed by atoms with E-state index in [4.69, 9.17) is 23.2 Å². The molecule has 0 aliphatic carbocycles. The van der Waals surface area contributed by atoms with Gasteiger partial charge in [-0.1, -0.05) is 67.4 Å². The van der Waals surface area contributed by atoms with Crippen LogP contribution in [0, 0.1) is 6.92 Å². The van der Waals surface area contributed by atoms with E-state index in [1.165, 1.54) is 11.1 Å². The molecule has 0 aliphatic heterocycles. The highest BCUT2D eigenvalue weighted by molar-refractivity contribution is 7.99. The van der Waals surface area contributed by atoms with Gasteiger partial charge in [0, 0.05) is 33.9 Å². The third-order valence-electron chi connectivity index (χ3n) is 5.52. The van der Waals surface area contributed by atoms with Crippen molar-refractivity contribution in [3.8, 4) is 0 Å². The van der Waals surface area contributed by atoms with Gasteiger partial charge in [0.1, 0.15) is 6.04 Å². The van der Waals surface area contributed by atoms with Gasteiger partial charge in [-0.15, -0.1) is 11.8 Å².